The van der Waals surface area contributed by atoms with Crippen molar-refractivity contribution in [3.8, 4) is 0 Å². The molecule has 1 aromatic rings. The molecule has 2 fully saturated rings. The topological polar surface area (TPSA) is 49.5 Å². The molecule has 2 atom stereocenters. The molecule has 2 saturated heterocycles. The van der Waals surface area contributed by atoms with Gasteiger partial charge in [-0.2, -0.15) is 0 Å². The third-order valence-corrected chi connectivity index (χ3v) is 4.82. The van der Waals surface area contributed by atoms with Crippen molar-refractivity contribution in [2.75, 3.05) is 10.6 Å². The van der Waals surface area contributed by atoms with E-state index in [-0.39, 0.29) is 6.10 Å². The Kier molecular flexibility index (Phi) is 2.94. The van der Waals surface area contributed by atoms with E-state index in [2.05, 4.69) is 33.6 Å². The Morgan fingerprint density at radius 2 is 1.88 bits per heavy atom. The Bertz CT molecular complexity index is 423. The molecule has 2 aliphatic rings. The Hall–Kier alpha value is -0.490. The second-order valence-corrected chi connectivity index (χ2v) is 6.29. The SMILES string of the molecule is Nc1ccc(N2C3CCC2CC(O)C3)c(I)c1. The van der Waals surface area contributed by atoms with Crippen molar-refractivity contribution in [1.82, 2.24) is 0 Å². The lowest BCUT2D eigenvalue weighted by atomic mass is 9.99. The molecule has 92 valence electrons. The number of hydrogen-bond acceptors (Lipinski definition) is 3. The first-order chi connectivity index (χ1) is 8.15. The number of aliphatic hydroxyl groups is 1. The monoisotopic (exact) mass is 344 g/mol. The van der Waals surface area contributed by atoms with Crippen LogP contribution < -0.4 is 10.6 Å². The van der Waals surface area contributed by atoms with E-state index in [9.17, 15) is 5.11 Å². The fraction of sp³-hybridized carbons (Fsp3) is 0.538. The van der Waals surface area contributed by atoms with Crippen LogP contribution in [0.1, 0.15) is 25.7 Å². The highest BCUT2D eigenvalue weighted by Crippen LogP contribution is 2.41. The van der Waals surface area contributed by atoms with Crippen molar-refractivity contribution in [3.05, 3.63) is 21.8 Å². The summed E-state index contributed by atoms with van der Waals surface area (Å²) < 4.78 is 1.22. The highest BCUT2D eigenvalue weighted by Gasteiger charge is 2.40. The number of anilines is 2. The quantitative estimate of drug-likeness (QED) is 0.608. The number of benzene rings is 1. The number of rotatable bonds is 1. The number of nitrogens with zero attached hydrogens (tertiary/aromatic N) is 1. The molecular weight excluding hydrogens is 327 g/mol. The lowest BCUT2D eigenvalue weighted by Crippen LogP contribution is -2.45. The van der Waals surface area contributed by atoms with Crippen LogP contribution in [-0.2, 0) is 0 Å². The maximum absolute atomic E-state index is 9.82. The van der Waals surface area contributed by atoms with Crippen LogP contribution in [0.25, 0.3) is 0 Å². The zero-order chi connectivity index (χ0) is 12.0. The van der Waals surface area contributed by atoms with Crippen molar-refractivity contribution >= 4 is 34.0 Å². The van der Waals surface area contributed by atoms with E-state index in [0.717, 1.165) is 18.5 Å². The summed E-state index contributed by atoms with van der Waals surface area (Å²) in [6.45, 7) is 0. The molecule has 4 heteroatoms. The average Bonchev–Trinajstić information content (AvgIpc) is 2.53. The summed E-state index contributed by atoms with van der Waals surface area (Å²) in [5, 5.41) is 9.82. The fourth-order valence-electron chi connectivity index (χ4n) is 3.27. The van der Waals surface area contributed by atoms with Gasteiger partial charge in [0, 0.05) is 21.3 Å². The number of fused-ring (bicyclic) bond motifs is 2. The predicted octanol–water partition coefficient (Wildman–Crippen LogP) is 2.37. The van der Waals surface area contributed by atoms with Crippen molar-refractivity contribution in [1.29, 1.82) is 0 Å². The summed E-state index contributed by atoms with van der Waals surface area (Å²) in [6.07, 6.45) is 4.15. The minimum Gasteiger partial charge on any atom is -0.399 e. The van der Waals surface area contributed by atoms with Crippen LogP contribution in [0, 0.1) is 3.57 Å². The summed E-state index contributed by atoms with van der Waals surface area (Å²) in [6, 6.07) is 7.16. The van der Waals surface area contributed by atoms with Gasteiger partial charge in [-0.1, -0.05) is 0 Å². The molecule has 0 spiro atoms. The summed E-state index contributed by atoms with van der Waals surface area (Å²) in [7, 11) is 0. The van der Waals surface area contributed by atoms with Crippen molar-refractivity contribution in [3.63, 3.8) is 0 Å². The lowest BCUT2D eigenvalue weighted by Gasteiger charge is -2.39. The molecule has 0 saturated carbocycles. The summed E-state index contributed by atoms with van der Waals surface area (Å²) in [4.78, 5) is 2.51. The van der Waals surface area contributed by atoms with Crippen LogP contribution in [0.3, 0.4) is 0 Å². The molecule has 17 heavy (non-hydrogen) atoms. The van der Waals surface area contributed by atoms with Gasteiger partial charge in [0.1, 0.15) is 0 Å². The smallest absolute Gasteiger partial charge is 0.0579 e. The zero-order valence-electron chi connectivity index (χ0n) is 9.64. The summed E-state index contributed by atoms with van der Waals surface area (Å²) in [5.74, 6) is 0. The lowest BCUT2D eigenvalue weighted by molar-refractivity contribution is 0.126. The largest absolute Gasteiger partial charge is 0.399 e. The molecule has 0 aromatic heterocycles. The molecule has 2 heterocycles. The molecule has 2 unspecified atom stereocenters. The van der Waals surface area contributed by atoms with E-state index in [1.54, 1.807) is 0 Å². The van der Waals surface area contributed by atoms with Crippen molar-refractivity contribution in [2.24, 2.45) is 0 Å². The number of nitrogens with two attached hydrogens (primary N) is 1. The second-order valence-electron chi connectivity index (χ2n) is 5.13. The highest BCUT2D eigenvalue weighted by atomic mass is 127. The molecule has 0 radical (unpaired) electrons. The fourth-order valence-corrected chi connectivity index (χ4v) is 4.09. The first kappa shape index (κ1) is 11.6. The van der Waals surface area contributed by atoms with Crippen molar-refractivity contribution < 1.29 is 5.11 Å². The summed E-state index contributed by atoms with van der Waals surface area (Å²) >= 11 is 2.36. The van der Waals surface area contributed by atoms with E-state index in [1.165, 1.54) is 22.1 Å². The zero-order valence-corrected chi connectivity index (χ0v) is 11.8. The highest BCUT2D eigenvalue weighted by molar-refractivity contribution is 14.1. The molecular formula is C13H17IN2O. The molecule has 2 bridgehead atoms. The number of piperidine rings is 1. The van der Waals surface area contributed by atoms with Gasteiger partial charge in [0.25, 0.3) is 0 Å². The average molecular weight is 344 g/mol. The van der Waals surface area contributed by atoms with Crippen LogP contribution in [0.2, 0.25) is 0 Å². The van der Waals surface area contributed by atoms with E-state index in [0.29, 0.717) is 12.1 Å². The van der Waals surface area contributed by atoms with Gasteiger partial charge in [0.05, 0.1) is 11.8 Å². The van der Waals surface area contributed by atoms with E-state index >= 15 is 0 Å². The Balaban J connectivity index is 1.94. The number of nitrogen functional groups attached to an aromatic ring is 1. The first-order valence-corrected chi connectivity index (χ1v) is 7.24. The van der Waals surface area contributed by atoms with E-state index in [4.69, 9.17) is 5.73 Å². The molecule has 3 nitrogen and oxygen atoms in total. The Morgan fingerprint density at radius 1 is 1.24 bits per heavy atom. The van der Waals surface area contributed by atoms with Crippen LogP contribution in [0.5, 0.6) is 0 Å². The van der Waals surface area contributed by atoms with Gasteiger partial charge in [0.2, 0.25) is 0 Å². The van der Waals surface area contributed by atoms with Crippen LogP contribution in [-0.4, -0.2) is 23.3 Å². The van der Waals surface area contributed by atoms with E-state index < -0.39 is 0 Å². The minimum atomic E-state index is -0.102. The van der Waals surface area contributed by atoms with Gasteiger partial charge in [-0.25, -0.2) is 0 Å². The van der Waals surface area contributed by atoms with Gasteiger partial charge >= 0.3 is 0 Å². The van der Waals surface area contributed by atoms with Gasteiger partial charge in [-0.05, 0) is 66.5 Å². The van der Waals surface area contributed by atoms with Gasteiger partial charge in [-0.15, -0.1) is 0 Å². The molecule has 3 rings (SSSR count). The number of halogens is 1. The van der Waals surface area contributed by atoms with Crippen molar-refractivity contribution in [2.45, 2.75) is 43.9 Å². The standard InChI is InChI=1S/C13H17IN2O/c14-12-5-8(15)1-4-13(12)16-9-2-3-10(16)7-11(17)6-9/h1,4-5,9-11,17H,2-3,6-7,15H2. The molecule has 3 N–H and O–H groups in total. The van der Waals surface area contributed by atoms with Gasteiger partial charge in [0.15, 0.2) is 0 Å². The van der Waals surface area contributed by atoms with E-state index in [1.807, 2.05) is 12.1 Å². The van der Waals surface area contributed by atoms with Crippen LogP contribution in [0.15, 0.2) is 18.2 Å². The minimum absolute atomic E-state index is 0.102. The summed E-state index contributed by atoms with van der Waals surface area (Å²) in [5.41, 5.74) is 7.91. The van der Waals surface area contributed by atoms with Gasteiger partial charge in [-0.3, -0.25) is 0 Å². The first-order valence-electron chi connectivity index (χ1n) is 6.16. The molecule has 0 aliphatic carbocycles. The maximum atomic E-state index is 9.82. The second kappa shape index (κ2) is 4.31. The number of hydrogen-bond donors (Lipinski definition) is 2. The Morgan fingerprint density at radius 3 is 2.47 bits per heavy atom. The molecule has 0 amide bonds. The number of aliphatic hydroxyl groups excluding tert-OH is 1. The maximum Gasteiger partial charge on any atom is 0.0579 e. The third-order valence-electron chi connectivity index (χ3n) is 3.96. The Labute approximate surface area is 115 Å². The predicted molar refractivity (Wildman–Crippen MR) is 78.1 cm³/mol. The molecule has 2 aliphatic heterocycles. The van der Waals surface area contributed by atoms with Crippen LogP contribution in [0.4, 0.5) is 11.4 Å². The van der Waals surface area contributed by atoms with Crippen LogP contribution >= 0.6 is 22.6 Å². The third kappa shape index (κ3) is 2.01. The van der Waals surface area contributed by atoms with Gasteiger partial charge < -0.3 is 15.7 Å². The molecule has 1 aromatic carbocycles. The normalized spacial score (nSPS) is 31.9.